The van der Waals surface area contributed by atoms with E-state index in [-0.39, 0.29) is 29.7 Å². The lowest BCUT2D eigenvalue weighted by atomic mass is 10.2. The molecule has 8 nitrogen and oxygen atoms in total. The Morgan fingerprint density at radius 1 is 0.467 bits per heavy atom. The van der Waals surface area contributed by atoms with Gasteiger partial charge in [-0.25, -0.2) is 9.13 Å². The van der Waals surface area contributed by atoms with Gasteiger partial charge in [-0.05, 0) is 52.4 Å². The third-order valence-corrected chi connectivity index (χ3v) is 2.30. The van der Waals surface area contributed by atoms with Crippen molar-refractivity contribution in [3.8, 4) is 0 Å². The Balaban J connectivity index is -0.0000000640. The fourth-order valence-corrected chi connectivity index (χ4v) is 1.38. The smallest absolute Gasteiger partial charge is 0.303 e. The van der Waals surface area contributed by atoms with Gasteiger partial charge in [-0.1, -0.05) is 78.3 Å². The minimum Gasteiger partial charge on any atom is -0.303 e. The van der Waals surface area contributed by atoms with Crippen molar-refractivity contribution in [2.24, 2.45) is 0 Å². The van der Waals surface area contributed by atoms with E-state index in [2.05, 4.69) is 62.5 Å². The number of allylic oxidation sites excluding steroid dienone is 8. The van der Waals surface area contributed by atoms with Crippen LogP contribution in [0, 0.1) is 0 Å². The van der Waals surface area contributed by atoms with E-state index in [1.165, 1.54) is 38.5 Å². The number of hydrogen-bond acceptors (Lipinski definition) is 2. The molecule has 0 aliphatic heterocycles. The maximum Gasteiger partial charge on any atom is 0.466 e. The zero-order valence-electron chi connectivity index (χ0n) is 15.3. The van der Waals surface area contributed by atoms with Crippen molar-refractivity contribution in [2.45, 2.75) is 82.1 Å². The van der Waals surface area contributed by atoms with Crippen molar-refractivity contribution in [3.05, 3.63) is 48.6 Å². The Kier molecular flexibility index (Phi) is 51.6. The van der Waals surface area contributed by atoms with Crippen molar-refractivity contribution in [1.29, 1.82) is 0 Å². The molecule has 0 aliphatic rings. The van der Waals surface area contributed by atoms with Crippen LogP contribution in [-0.2, 0) is 9.13 Å². The molecule has 0 bridgehead atoms. The Bertz CT molecular complexity index is 440. The molecule has 0 amide bonds. The van der Waals surface area contributed by atoms with Crippen molar-refractivity contribution in [1.82, 2.24) is 0 Å². The largest absolute Gasteiger partial charge is 0.466 e. The fraction of sp³-hybridized carbons (Fsp3) is 0.600. The summed E-state index contributed by atoms with van der Waals surface area (Å²) in [6.45, 7) is 4.14. The zero-order chi connectivity index (χ0) is 20.9. The Hall–Kier alpha value is -0.820. The molecule has 0 radical (unpaired) electrons. The van der Waals surface area contributed by atoms with Gasteiger partial charge in [0.15, 0.2) is 0 Å². The highest BCUT2D eigenvalue weighted by Gasteiger charge is 2.00. The number of phosphoric acid groups is 2. The quantitative estimate of drug-likeness (QED) is 0.128. The molecular weight excluding hydrogens is 430 g/mol. The molecule has 0 aromatic rings. The Morgan fingerprint density at radius 2 is 0.600 bits per heavy atom. The summed E-state index contributed by atoms with van der Waals surface area (Å²) in [5.41, 5.74) is 0. The Labute approximate surface area is 185 Å². The minimum atomic E-state index is -4.64. The molecule has 10 heteroatoms. The van der Waals surface area contributed by atoms with Crippen LogP contribution in [-0.4, -0.2) is 29.4 Å². The molecule has 0 aliphatic carbocycles. The molecule has 30 heavy (non-hydrogen) atoms. The van der Waals surface area contributed by atoms with Crippen LogP contribution in [0.3, 0.4) is 0 Å². The number of unbranched alkanes of at least 4 members (excludes halogenated alkanes) is 3. The monoisotopic (exact) mass is 478 g/mol. The van der Waals surface area contributed by atoms with E-state index in [0.717, 1.165) is 0 Å². The first-order valence-corrected chi connectivity index (χ1v) is 11.1. The van der Waals surface area contributed by atoms with Crippen LogP contribution in [0.25, 0.3) is 0 Å². The van der Waals surface area contributed by atoms with Gasteiger partial charge in [0.1, 0.15) is 0 Å². The second kappa shape index (κ2) is 32.8. The maximum absolute atomic E-state index is 8.88. The van der Waals surface area contributed by atoms with E-state index < -0.39 is 15.6 Å². The molecule has 0 unspecified atom stereocenters. The van der Waals surface area contributed by atoms with Gasteiger partial charge in [0.2, 0.25) is 0 Å². The van der Waals surface area contributed by atoms with Gasteiger partial charge in [0.05, 0.1) is 0 Å². The predicted octanol–water partition coefficient (Wildman–Crippen LogP) is 6.28. The highest BCUT2D eigenvalue weighted by atomic mass is 31.2. The van der Waals surface area contributed by atoms with E-state index >= 15 is 0 Å². The fourth-order valence-electron chi connectivity index (χ4n) is 1.38. The summed E-state index contributed by atoms with van der Waals surface area (Å²) >= 11 is 0. The molecule has 0 fully saturated rings. The van der Waals surface area contributed by atoms with Crippen LogP contribution in [0.15, 0.2) is 48.6 Å². The van der Waals surface area contributed by atoms with Crippen LogP contribution in [0.1, 0.15) is 82.1 Å². The van der Waals surface area contributed by atoms with Gasteiger partial charge in [0, 0.05) is 0 Å². The van der Waals surface area contributed by atoms with E-state index in [1.807, 2.05) is 0 Å². The molecule has 0 saturated carbocycles. The molecule has 186 valence electrons. The average Bonchev–Trinajstić information content (AvgIpc) is 2.45. The second-order valence-corrected chi connectivity index (χ2v) is 6.89. The first-order valence-electron chi connectivity index (χ1n) is 8.00. The van der Waals surface area contributed by atoms with Crippen molar-refractivity contribution < 1.29 is 38.5 Å². The summed E-state index contributed by atoms with van der Waals surface area (Å²) in [6, 6.07) is 0. The van der Waals surface area contributed by atoms with Gasteiger partial charge in [-0.15, -0.1) is 0 Å². The Morgan fingerprint density at radius 3 is 0.733 bits per heavy atom. The second-order valence-electron chi connectivity index (χ2n) is 4.84. The number of hydrogen-bond donors (Lipinski definition) is 6. The molecule has 6 N–H and O–H groups in total. The molecule has 0 spiro atoms. The third-order valence-electron chi connectivity index (χ3n) is 2.30. The normalized spacial score (nSPS) is 10.8. The average molecular weight is 479 g/mol. The van der Waals surface area contributed by atoms with Gasteiger partial charge < -0.3 is 29.4 Å². The summed E-state index contributed by atoms with van der Waals surface area (Å²) in [5, 5.41) is 0. The molecule has 0 aromatic heterocycles. The van der Waals surface area contributed by atoms with Gasteiger partial charge >= 0.3 is 15.6 Å². The van der Waals surface area contributed by atoms with Gasteiger partial charge in [-0.2, -0.15) is 0 Å². The lowest BCUT2D eigenvalue weighted by Gasteiger charge is -1.89. The number of rotatable bonds is 9. The van der Waals surface area contributed by atoms with Gasteiger partial charge in [0.25, 0.3) is 0 Å². The topological polar surface area (TPSA) is 156 Å². The third kappa shape index (κ3) is 126. The minimum absolute atomic E-state index is 0. The van der Waals surface area contributed by atoms with Crippen molar-refractivity contribution >= 4 is 15.6 Å². The summed E-state index contributed by atoms with van der Waals surface area (Å²) < 4.78 is 17.8. The van der Waals surface area contributed by atoms with Crippen LogP contribution in [0.2, 0.25) is 0 Å². The zero-order valence-corrected chi connectivity index (χ0v) is 17.0. The van der Waals surface area contributed by atoms with Crippen LogP contribution in [0.4, 0.5) is 0 Å². The van der Waals surface area contributed by atoms with E-state index in [9.17, 15) is 0 Å². The molecule has 0 aromatic carbocycles. The maximum atomic E-state index is 8.88. The van der Waals surface area contributed by atoms with E-state index in [1.54, 1.807) is 0 Å². The van der Waals surface area contributed by atoms with Crippen molar-refractivity contribution in [3.63, 3.8) is 0 Å². The molecule has 0 heterocycles. The predicted molar refractivity (Wildman–Crippen MR) is 131 cm³/mol. The van der Waals surface area contributed by atoms with Crippen LogP contribution >= 0.6 is 15.6 Å². The molecule has 0 rings (SSSR count). The highest BCUT2D eigenvalue weighted by molar-refractivity contribution is 7.45. The summed E-state index contributed by atoms with van der Waals surface area (Å²) in [5.74, 6) is 0. The lowest BCUT2D eigenvalue weighted by molar-refractivity contribution is 0.272. The summed E-state index contributed by atoms with van der Waals surface area (Å²) in [7, 11) is -9.28. The van der Waals surface area contributed by atoms with E-state index in [4.69, 9.17) is 38.5 Å². The first kappa shape index (κ1) is 47.1. The van der Waals surface area contributed by atoms with Crippen LogP contribution < -0.4 is 0 Å². The summed E-state index contributed by atoms with van der Waals surface area (Å²) in [4.78, 5) is 43.1. The first-order chi connectivity index (χ1) is 11.9. The standard InChI is InChI=1S/C16H26.4CH4.2H3O4P/c1-3-5-7-9-11-13-15-16-14-12-10-8-6-4-2;;;;;2*1-5(2,3)4/h3-6,11-14H,7-10,15-16H2,1-2H3;4*1H4;2*(H3,1,2,3,4). The van der Waals surface area contributed by atoms with Crippen molar-refractivity contribution in [2.75, 3.05) is 0 Å². The van der Waals surface area contributed by atoms with Gasteiger partial charge in [-0.3, -0.25) is 0 Å². The highest BCUT2D eigenvalue weighted by Crippen LogP contribution is 2.26. The van der Waals surface area contributed by atoms with Crippen LogP contribution in [0.5, 0.6) is 0 Å². The van der Waals surface area contributed by atoms with E-state index in [0.29, 0.717) is 0 Å². The lowest BCUT2D eigenvalue weighted by Crippen LogP contribution is -1.68. The SMILES string of the molecule is C.C.C.C.CC=CCCC=CCCC=CCCC=CC.O=P(O)(O)O.O=P(O)(O)O. The molecule has 0 saturated heterocycles. The molecule has 0 atom stereocenters. The summed E-state index contributed by atoms with van der Waals surface area (Å²) in [6.07, 6.45) is 24.9. The molecular formula is C20H48O8P2.